The fourth-order valence-electron chi connectivity index (χ4n) is 1.39. The van der Waals surface area contributed by atoms with Gasteiger partial charge in [0, 0.05) is 13.1 Å². The van der Waals surface area contributed by atoms with Crippen LogP contribution in [0.3, 0.4) is 0 Å². The molecule has 0 aromatic heterocycles. The van der Waals surface area contributed by atoms with Crippen molar-refractivity contribution >= 4 is 15.7 Å². The molecule has 17 heavy (non-hydrogen) atoms. The van der Waals surface area contributed by atoms with Crippen molar-refractivity contribution in [1.29, 1.82) is 0 Å². The summed E-state index contributed by atoms with van der Waals surface area (Å²) in [6.45, 7) is 3.67. The summed E-state index contributed by atoms with van der Waals surface area (Å²) in [6.07, 6.45) is 0.672. The normalized spacial score (nSPS) is 13.9. The lowest BCUT2D eigenvalue weighted by Gasteiger charge is -2.23. The number of nitrogens with zero attached hydrogens (tertiary/aromatic N) is 1. The lowest BCUT2D eigenvalue weighted by molar-refractivity contribution is 0.380. The summed E-state index contributed by atoms with van der Waals surface area (Å²) in [6, 6.07) is 3.62. The summed E-state index contributed by atoms with van der Waals surface area (Å²) in [5, 5.41) is 0. The number of rotatable bonds is 4. The highest BCUT2D eigenvalue weighted by Gasteiger charge is 2.27. The van der Waals surface area contributed by atoms with Gasteiger partial charge in [-0.05, 0) is 25.5 Å². The second-order valence-electron chi connectivity index (χ2n) is 3.93. The van der Waals surface area contributed by atoms with E-state index in [2.05, 4.69) is 0 Å². The molecular weight excluding hydrogens is 243 g/mol. The summed E-state index contributed by atoms with van der Waals surface area (Å²) < 4.78 is 38.8. The van der Waals surface area contributed by atoms with Crippen LogP contribution < -0.4 is 5.73 Å². The smallest absolute Gasteiger partial charge is 0.245 e. The van der Waals surface area contributed by atoms with Crippen molar-refractivity contribution in [2.24, 2.45) is 0 Å². The second-order valence-corrected chi connectivity index (χ2v) is 5.90. The molecule has 1 unspecified atom stereocenters. The highest BCUT2D eigenvalue weighted by Crippen LogP contribution is 2.25. The Labute approximate surface area is 101 Å². The van der Waals surface area contributed by atoms with E-state index in [1.165, 1.54) is 23.5 Å². The van der Waals surface area contributed by atoms with Crippen molar-refractivity contribution in [1.82, 2.24) is 4.31 Å². The van der Waals surface area contributed by atoms with Gasteiger partial charge in [0.25, 0.3) is 0 Å². The maximum Gasteiger partial charge on any atom is 0.245 e. The van der Waals surface area contributed by atoms with Crippen LogP contribution in [-0.2, 0) is 10.0 Å². The van der Waals surface area contributed by atoms with Crippen LogP contribution in [0.15, 0.2) is 23.1 Å². The van der Waals surface area contributed by atoms with Crippen LogP contribution in [0.25, 0.3) is 0 Å². The molecule has 4 nitrogen and oxygen atoms in total. The van der Waals surface area contributed by atoms with E-state index in [4.69, 9.17) is 5.73 Å². The quantitative estimate of drug-likeness (QED) is 0.840. The summed E-state index contributed by atoms with van der Waals surface area (Å²) in [5.41, 5.74) is 5.14. The van der Waals surface area contributed by atoms with Gasteiger partial charge < -0.3 is 5.73 Å². The summed E-state index contributed by atoms with van der Waals surface area (Å²) in [7, 11) is -2.27. The number of sulfonamides is 1. The van der Waals surface area contributed by atoms with Crippen LogP contribution >= 0.6 is 0 Å². The Bertz CT molecular complexity index is 502. The fraction of sp³-hybridized carbons (Fsp3) is 0.455. The third kappa shape index (κ3) is 2.58. The number of halogens is 1. The number of anilines is 1. The molecule has 0 aliphatic carbocycles. The molecule has 1 aromatic carbocycles. The average Bonchev–Trinajstić information content (AvgIpc) is 2.30. The molecule has 0 heterocycles. The van der Waals surface area contributed by atoms with Crippen molar-refractivity contribution in [2.75, 3.05) is 12.8 Å². The van der Waals surface area contributed by atoms with E-state index >= 15 is 0 Å². The van der Waals surface area contributed by atoms with Gasteiger partial charge >= 0.3 is 0 Å². The average molecular weight is 260 g/mol. The molecule has 0 spiro atoms. The second kappa shape index (κ2) is 5.01. The number of hydrogen-bond acceptors (Lipinski definition) is 3. The maximum absolute atomic E-state index is 13.2. The first-order chi connectivity index (χ1) is 7.82. The molecule has 1 aromatic rings. The zero-order valence-corrected chi connectivity index (χ0v) is 11.0. The van der Waals surface area contributed by atoms with E-state index in [1.54, 1.807) is 6.92 Å². The van der Waals surface area contributed by atoms with Crippen molar-refractivity contribution in [3.8, 4) is 0 Å². The van der Waals surface area contributed by atoms with Crippen LogP contribution in [0, 0.1) is 5.82 Å². The monoisotopic (exact) mass is 260 g/mol. The lowest BCUT2D eigenvalue weighted by atomic mass is 10.3. The predicted molar refractivity (Wildman–Crippen MR) is 65.5 cm³/mol. The molecule has 0 bridgehead atoms. The van der Waals surface area contributed by atoms with Gasteiger partial charge in [-0.25, -0.2) is 12.8 Å². The van der Waals surface area contributed by atoms with Gasteiger partial charge in [-0.15, -0.1) is 0 Å². The van der Waals surface area contributed by atoms with Gasteiger partial charge in [0.05, 0.1) is 5.69 Å². The molecule has 0 aliphatic heterocycles. The van der Waals surface area contributed by atoms with Crippen LogP contribution in [-0.4, -0.2) is 25.8 Å². The molecule has 6 heteroatoms. The van der Waals surface area contributed by atoms with Crippen LogP contribution in [0.4, 0.5) is 10.1 Å². The summed E-state index contributed by atoms with van der Waals surface area (Å²) >= 11 is 0. The highest BCUT2D eigenvalue weighted by atomic mass is 32.2. The maximum atomic E-state index is 13.2. The SMILES string of the molecule is CCC(C)N(C)S(=O)(=O)c1cccc(F)c1N. The summed E-state index contributed by atoms with van der Waals surface area (Å²) in [4.78, 5) is -0.180. The largest absolute Gasteiger partial charge is 0.395 e. The van der Waals surface area contributed by atoms with E-state index in [0.29, 0.717) is 6.42 Å². The zero-order chi connectivity index (χ0) is 13.2. The molecule has 2 N–H and O–H groups in total. The Morgan fingerprint density at radius 1 is 1.47 bits per heavy atom. The zero-order valence-electron chi connectivity index (χ0n) is 10.1. The predicted octanol–water partition coefficient (Wildman–Crippen LogP) is 1.83. The minimum absolute atomic E-state index is 0.164. The first-order valence-electron chi connectivity index (χ1n) is 5.34. The van der Waals surface area contributed by atoms with E-state index in [-0.39, 0.29) is 16.6 Å². The van der Waals surface area contributed by atoms with Gasteiger partial charge in [0.15, 0.2) is 0 Å². The third-order valence-electron chi connectivity index (χ3n) is 2.88. The van der Waals surface area contributed by atoms with Crippen LogP contribution in [0.2, 0.25) is 0 Å². The van der Waals surface area contributed by atoms with Crippen LogP contribution in [0.5, 0.6) is 0 Å². The Morgan fingerprint density at radius 2 is 2.06 bits per heavy atom. The molecule has 0 radical (unpaired) electrons. The number of nitrogen functional groups attached to an aromatic ring is 1. The van der Waals surface area contributed by atoms with E-state index in [9.17, 15) is 12.8 Å². The van der Waals surface area contributed by atoms with Gasteiger partial charge in [0.2, 0.25) is 10.0 Å². The van der Waals surface area contributed by atoms with Crippen LogP contribution in [0.1, 0.15) is 20.3 Å². The molecular formula is C11H17FN2O2S. The Balaban J connectivity index is 3.27. The minimum Gasteiger partial charge on any atom is -0.395 e. The number of benzene rings is 1. The van der Waals surface area contributed by atoms with E-state index in [0.717, 1.165) is 6.07 Å². The fourth-order valence-corrected chi connectivity index (χ4v) is 2.95. The van der Waals surface area contributed by atoms with Gasteiger partial charge in [-0.3, -0.25) is 0 Å². The molecule has 0 fully saturated rings. The third-order valence-corrected chi connectivity index (χ3v) is 4.91. The topological polar surface area (TPSA) is 63.4 Å². The number of para-hydroxylation sites is 1. The molecule has 0 saturated carbocycles. The molecule has 0 aliphatic rings. The van der Waals surface area contributed by atoms with Crippen molar-refractivity contribution in [2.45, 2.75) is 31.2 Å². The Kier molecular flexibility index (Phi) is 4.11. The van der Waals surface area contributed by atoms with Crippen molar-refractivity contribution in [3.05, 3.63) is 24.0 Å². The molecule has 96 valence electrons. The Morgan fingerprint density at radius 3 is 2.59 bits per heavy atom. The molecule has 0 amide bonds. The lowest BCUT2D eigenvalue weighted by Crippen LogP contribution is -2.35. The number of nitrogens with two attached hydrogens (primary N) is 1. The standard InChI is InChI=1S/C11H17FN2O2S/c1-4-8(2)14(3)17(15,16)10-7-5-6-9(12)11(10)13/h5-8H,4,13H2,1-3H3. The Hall–Kier alpha value is -1.14. The first-order valence-corrected chi connectivity index (χ1v) is 6.78. The highest BCUT2D eigenvalue weighted by molar-refractivity contribution is 7.89. The molecule has 1 atom stereocenters. The van der Waals surface area contributed by atoms with Gasteiger partial charge in [-0.1, -0.05) is 13.0 Å². The number of hydrogen-bond donors (Lipinski definition) is 1. The van der Waals surface area contributed by atoms with Gasteiger partial charge in [-0.2, -0.15) is 4.31 Å². The molecule has 1 rings (SSSR count). The van der Waals surface area contributed by atoms with Crippen molar-refractivity contribution in [3.63, 3.8) is 0 Å². The molecule has 0 saturated heterocycles. The van der Waals surface area contributed by atoms with Crippen molar-refractivity contribution < 1.29 is 12.8 Å². The van der Waals surface area contributed by atoms with Gasteiger partial charge in [0.1, 0.15) is 10.7 Å². The summed E-state index contributed by atoms with van der Waals surface area (Å²) in [5.74, 6) is -0.719. The van der Waals surface area contributed by atoms with E-state index < -0.39 is 15.8 Å². The first kappa shape index (κ1) is 13.9. The van der Waals surface area contributed by atoms with E-state index in [1.807, 2.05) is 6.92 Å². The minimum atomic E-state index is -3.74.